The lowest BCUT2D eigenvalue weighted by Gasteiger charge is -2.44. The van der Waals surface area contributed by atoms with Gasteiger partial charge in [0.2, 0.25) is 0 Å². The minimum Gasteiger partial charge on any atom is -0.457 e. The number of carbonyl (C=O) groups is 1. The average Bonchev–Trinajstić information content (AvgIpc) is 3.22. The van der Waals surface area contributed by atoms with E-state index >= 15 is 0 Å². The number of esters is 1. The van der Waals surface area contributed by atoms with Crippen LogP contribution in [0, 0.1) is 5.92 Å². The molecule has 3 rings (SSSR count). The van der Waals surface area contributed by atoms with Crippen molar-refractivity contribution in [3.05, 3.63) is 145 Å². The molecule has 0 spiro atoms. The average molecular weight is 827 g/mol. The Hall–Kier alpha value is -3.38. The Kier molecular flexibility index (Phi) is 18.4. The van der Waals surface area contributed by atoms with Crippen molar-refractivity contribution in [1.29, 1.82) is 0 Å². The van der Waals surface area contributed by atoms with Gasteiger partial charge in [0.15, 0.2) is 16.6 Å². The van der Waals surface area contributed by atoms with Crippen molar-refractivity contribution in [2.24, 2.45) is 5.92 Å². The maximum atomic E-state index is 14.1. The third kappa shape index (κ3) is 12.3. The van der Waals surface area contributed by atoms with E-state index in [0.29, 0.717) is 12.8 Å². The summed E-state index contributed by atoms with van der Waals surface area (Å²) in [6.45, 7) is 31.8. The van der Waals surface area contributed by atoms with Crippen molar-refractivity contribution in [3.63, 3.8) is 0 Å². The second-order valence-electron chi connectivity index (χ2n) is 17.6. The summed E-state index contributed by atoms with van der Waals surface area (Å²) in [7, 11) is -4.41. The van der Waals surface area contributed by atoms with Gasteiger partial charge < -0.3 is 23.4 Å². The number of carbonyl (C=O) groups excluding carboxylic acids is 1. The molecule has 0 aliphatic carbocycles. The molecule has 0 aliphatic heterocycles. The van der Waals surface area contributed by atoms with E-state index in [0.717, 1.165) is 40.4 Å². The highest BCUT2D eigenvalue weighted by Crippen LogP contribution is 2.42. The standard InChI is InChI=1S/C50H74O6Si2/c1-14-39(6)47(40(7)35-37-53-50(41-28-22-19-23-29-41,42-30-24-20-25-31-42)43-32-26-21-27-33-43)54-46(52)38-44(55-57(12,13)48(8,9)10)34-36-49(11,45(51)15-2)56-58(16-3,17-4)18-5/h14-15,19-33,35,39,44-45,47,51H,1-2,16-18,34,36-38H2,3-13H3/b40-35+/t39-,44+,45-,47-,49+/m0/s1. The Labute approximate surface area is 354 Å². The molecule has 0 fully saturated rings. The summed E-state index contributed by atoms with van der Waals surface area (Å²) in [6, 6.07) is 33.8. The van der Waals surface area contributed by atoms with E-state index < -0.39 is 46.1 Å². The topological polar surface area (TPSA) is 74.2 Å². The molecular formula is C50H74O6Si2. The zero-order valence-electron chi connectivity index (χ0n) is 37.6. The van der Waals surface area contributed by atoms with Gasteiger partial charge in [-0.3, -0.25) is 4.79 Å². The maximum absolute atomic E-state index is 14.1. The van der Waals surface area contributed by atoms with Crippen molar-refractivity contribution in [1.82, 2.24) is 0 Å². The quantitative estimate of drug-likeness (QED) is 0.0420. The van der Waals surface area contributed by atoms with E-state index in [1.807, 2.05) is 87.5 Å². The van der Waals surface area contributed by atoms with Gasteiger partial charge in [0.05, 0.1) is 30.8 Å². The minimum atomic E-state index is -2.31. The molecule has 3 aromatic rings. The monoisotopic (exact) mass is 827 g/mol. The summed E-state index contributed by atoms with van der Waals surface area (Å²) in [5.41, 5.74) is 2.19. The second kappa shape index (κ2) is 21.8. The second-order valence-corrected chi connectivity index (χ2v) is 27.1. The lowest BCUT2D eigenvalue weighted by Crippen LogP contribution is -2.52. The SMILES string of the molecule is C=C[C@H](C)[C@H](OC(=O)C[C@@H](CC[C@@](C)(O[Si](CC)(CC)CC)[C@@H](O)C=C)O[Si](C)(C)C(C)(C)C)/C(C)=C/COC(c1ccccc1)(c1ccccc1)c1ccccc1. The van der Waals surface area contributed by atoms with Crippen LogP contribution < -0.4 is 0 Å². The number of rotatable bonds is 24. The molecule has 0 amide bonds. The van der Waals surface area contributed by atoms with Gasteiger partial charge in [-0.25, -0.2) is 0 Å². The van der Waals surface area contributed by atoms with Gasteiger partial charge in [-0.05, 0) is 85.2 Å². The number of benzene rings is 3. The van der Waals surface area contributed by atoms with Crippen LogP contribution in [0.4, 0.5) is 0 Å². The molecule has 5 atom stereocenters. The van der Waals surface area contributed by atoms with Crippen LogP contribution in [0.2, 0.25) is 36.3 Å². The molecular weight excluding hydrogens is 753 g/mol. The van der Waals surface area contributed by atoms with Gasteiger partial charge in [0.1, 0.15) is 11.7 Å². The fraction of sp³-hybridized carbons (Fsp3) is 0.500. The van der Waals surface area contributed by atoms with E-state index in [4.69, 9.17) is 18.3 Å². The third-order valence-electron chi connectivity index (χ3n) is 12.7. The Morgan fingerprint density at radius 3 is 1.66 bits per heavy atom. The van der Waals surface area contributed by atoms with Gasteiger partial charge in [0.25, 0.3) is 0 Å². The molecule has 318 valence electrons. The maximum Gasteiger partial charge on any atom is 0.308 e. The zero-order chi connectivity index (χ0) is 43.2. The summed E-state index contributed by atoms with van der Waals surface area (Å²) < 4.78 is 27.4. The van der Waals surface area contributed by atoms with E-state index in [9.17, 15) is 9.90 Å². The van der Waals surface area contributed by atoms with Crippen LogP contribution in [0.3, 0.4) is 0 Å². The van der Waals surface area contributed by atoms with Crippen molar-refractivity contribution in [3.8, 4) is 0 Å². The number of aliphatic hydroxyl groups is 1. The zero-order valence-corrected chi connectivity index (χ0v) is 39.6. The Morgan fingerprint density at radius 1 is 0.793 bits per heavy atom. The first kappa shape index (κ1) is 49.0. The molecule has 6 nitrogen and oxygen atoms in total. The highest BCUT2D eigenvalue weighted by molar-refractivity contribution is 6.74. The number of ether oxygens (including phenoxy) is 2. The lowest BCUT2D eigenvalue weighted by molar-refractivity contribution is -0.151. The molecule has 0 aliphatic rings. The van der Waals surface area contributed by atoms with Crippen molar-refractivity contribution >= 4 is 22.6 Å². The Bertz CT molecular complexity index is 1630. The van der Waals surface area contributed by atoms with Crippen LogP contribution in [-0.4, -0.2) is 58.2 Å². The molecule has 8 heteroatoms. The Balaban J connectivity index is 1.94. The van der Waals surface area contributed by atoms with Crippen LogP contribution in [-0.2, 0) is 28.7 Å². The molecule has 1 N–H and O–H groups in total. The van der Waals surface area contributed by atoms with E-state index in [1.54, 1.807) is 6.08 Å². The molecule has 0 radical (unpaired) electrons. The number of hydrogen-bond donors (Lipinski definition) is 1. The highest BCUT2D eigenvalue weighted by Gasteiger charge is 2.44. The van der Waals surface area contributed by atoms with Crippen LogP contribution in [0.5, 0.6) is 0 Å². The van der Waals surface area contributed by atoms with Crippen LogP contribution in [0.15, 0.2) is 128 Å². The normalized spacial score (nSPS) is 16.1. The molecule has 0 saturated heterocycles. The van der Waals surface area contributed by atoms with E-state index in [2.05, 4.69) is 104 Å². The molecule has 0 heterocycles. The summed E-state index contributed by atoms with van der Waals surface area (Å²) in [5.74, 6) is -0.494. The third-order valence-corrected chi connectivity index (χ3v) is 22.0. The van der Waals surface area contributed by atoms with Gasteiger partial charge >= 0.3 is 5.97 Å². The number of hydrogen-bond acceptors (Lipinski definition) is 6. The largest absolute Gasteiger partial charge is 0.457 e. The summed E-state index contributed by atoms with van der Waals surface area (Å²) in [4.78, 5) is 14.1. The summed E-state index contributed by atoms with van der Waals surface area (Å²) >= 11 is 0. The first-order valence-corrected chi connectivity index (χ1v) is 26.8. The van der Waals surface area contributed by atoms with Crippen molar-refractivity contribution in [2.75, 3.05) is 6.61 Å². The van der Waals surface area contributed by atoms with Crippen molar-refractivity contribution in [2.45, 2.75) is 147 Å². The predicted octanol–water partition coefficient (Wildman–Crippen LogP) is 12.6. The summed E-state index contributed by atoms with van der Waals surface area (Å²) in [5, 5.41) is 11.2. The first-order chi connectivity index (χ1) is 27.4. The lowest BCUT2D eigenvalue weighted by atomic mass is 9.80. The van der Waals surface area contributed by atoms with E-state index in [-0.39, 0.29) is 30.0 Å². The van der Waals surface area contributed by atoms with E-state index in [1.165, 1.54) is 0 Å². The van der Waals surface area contributed by atoms with Crippen LogP contribution in [0.1, 0.15) is 98.3 Å². The fourth-order valence-corrected chi connectivity index (χ4v) is 12.0. The molecule has 3 aromatic carbocycles. The Morgan fingerprint density at radius 2 is 1.26 bits per heavy atom. The molecule has 0 unspecified atom stereocenters. The molecule has 0 bridgehead atoms. The van der Waals surface area contributed by atoms with Gasteiger partial charge in [-0.15, -0.1) is 13.2 Å². The first-order valence-electron chi connectivity index (χ1n) is 21.3. The smallest absolute Gasteiger partial charge is 0.308 e. The molecule has 0 aromatic heterocycles. The number of aliphatic hydroxyl groups excluding tert-OH is 1. The van der Waals surface area contributed by atoms with Gasteiger partial charge in [-0.2, -0.15) is 0 Å². The predicted molar refractivity (Wildman–Crippen MR) is 247 cm³/mol. The molecule has 58 heavy (non-hydrogen) atoms. The summed E-state index contributed by atoms with van der Waals surface area (Å²) in [6.07, 6.45) is 4.69. The van der Waals surface area contributed by atoms with Crippen molar-refractivity contribution < 1.29 is 28.2 Å². The molecule has 0 saturated carbocycles. The highest BCUT2D eigenvalue weighted by atomic mass is 28.4. The fourth-order valence-electron chi connectivity index (χ4n) is 7.51. The van der Waals surface area contributed by atoms with Gasteiger partial charge in [0, 0.05) is 5.92 Å². The minimum absolute atomic E-state index is 0.0715. The van der Waals surface area contributed by atoms with Gasteiger partial charge in [-0.1, -0.05) is 158 Å². The van der Waals surface area contributed by atoms with Crippen LogP contribution >= 0.6 is 0 Å². The van der Waals surface area contributed by atoms with Crippen LogP contribution in [0.25, 0.3) is 0 Å².